The van der Waals surface area contributed by atoms with E-state index in [1.54, 1.807) is 0 Å². The molecule has 0 saturated heterocycles. The average molecular weight is 319 g/mol. The van der Waals surface area contributed by atoms with Gasteiger partial charge in [0.2, 0.25) is 5.91 Å². The van der Waals surface area contributed by atoms with Gasteiger partial charge in [-0.1, -0.05) is 15.9 Å². The predicted molar refractivity (Wildman–Crippen MR) is 76.4 cm³/mol. The van der Waals surface area contributed by atoms with E-state index >= 15 is 0 Å². The number of benzene rings is 1. The van der Waals surface area contributed by atoms with E-state index in [9.17, 15) is 9.59 Å². The number of carbonyl (C=O) groups is 2. The van der Waals surface area contributed by atoms with E-state index in [0.29, 0.717) is 6.54 Å². The van der Waals surface area contributed by atoms with Crippen molar-refractivity contribution < 1.29 is 9.59 Å². The van der Waals surface area contributed by atoms with E-state index in [1.165, 1.54) is 17.9 Å². The molecular weight excluding hydrogens is 308 g/mol. The highest BCUT2D eigenvalue weighted by Crippen LogP contribution is 2.30. The van der Waals surface area contributed by atoms with Crippen LogP contribution in [0.15, 0.2) is 34.9 Å². The lowest BCUT2D eigenvalue weighted by Crippen LogP contribution is -2.30. The van der Waals surface area contributed by atoms with E-state index < -0.39 is 0 Å². The second-order valence-corrected chi connectivity index (χ2v) is 5.42. The molecule has 3 rings (SSSR count). The molecule has 0 fully saturated rings. The Morgan fingerprint density at radius 1 is 1.42 bits per heavy atom. The van der Waals surface area contributed by atoms with E-state index in [2.05, 4.69) is 20.9 Å². The molecule has 1 aliphatic heterocycles. The summed E-state index contributed by atoms with van der Waals surface area (Å²) in [5.41, 5.74) is 2.84. The quantitative estimate of drug-likeness (QED) is 0.879. The predicted octanol–water partition coefficient (Wildman–Crippen LogP) is 2.70. The SMILES string of the molecule is CC(=O)N1CC(c2c[nH]c3ccc(Br)cc23)=CC1=O. The molecule has 1 aliphatic rings. The van der Waals surface area contributed by atoms with Crippen LogP contribution < -0.4 is 0 Å². The zero-order valence-corrected chi connectivity index (χ0v) is 11.8. The molecule has 0 bridgehead atoms. The van der Waals surface area contributed by atoms with Crippen LogP contribution in [0.3, 0.4) is 0 Å². The zero-order chi connectivity index (χ0) is 13.6. The molecule has 2 aromatic rings. The topological polar surface area (TPSA) is 53.2 Å². The molecule has 5 heteroatoms. The summed E-state index contributed by atoms with van der Waals surface area (Å²) in [4.78, 5) is 27.5. The molecule has 2 heterocycles. The molecule has 0 unspecified atom stereocenters. The molecule has 0 aliphatic carbocycles. The molecule has 19 heavy (non-hydrogen) atoms. The van der Waals surface area contributed by atoms with E-state index in [1.807, 2.05) is 24.4 Å². The highest BCUT2D eigenvalue weighted by molar-refractivity contribution is 9.10. The van der Waals surface area contributed by atoms with Crippen LogP contribution >= 0.6 is 15.9 Å². The Bertz CT molecular complexity index is 730. The fourth-order valence-electron chi connectivity index (χ4n) is 2.31. The van der Waals surface area contributed by atoms with Crippen molar-refractivity contribution >= 4 is 44.2 Å². The third kappa shape index (κ3) is 2.00. The molecule has 0 radical (unpaired) electrons. The number of aromatic amines is 1. The summed E-state index contributed by atoms with van der Waals surface area (Å²) in [5.74, 6) is -0.468. The highest BCUT2D eigenvalue weighted by atomic mass is 79.9. The Kier molecular flexibility index (Phi) is 2.78. The Morgan fingerprint density at radius 2 is 2.21 bits per heavy atom. The maximum atomic E-state index is 11.7. The third-order valence-electron chi connectivity index (χ3n) is 3.26. The van der Waals surface area contributed by atoms with Crippen LogP contribution in [0, 0.1) is 0 Å². The van der Waals surface area contributed by atoms with Crippen molar-refractivity contribution in [2.45, 2.75) is 6.92 Å². The van der Waals surface area contributed by atoms with Crippen molar-refractivity contribution in [2.24, 2.45) is 0 Å². The van der Waals surface area contributed by atoms with Gasteiger partial charge in [-0.25, -0.2) is 0 Å². The van der Waals surface area contributed by atoms with Crippen molar-refractivity contribution in [1.82, 2.24) is 9.88 Å². The molecule has 2 amide bonds. The monoisotopic (exact) mass is 318 g/mol. The third-order valence-corrected chi connectivity index (χ3v) is 3.76. The van der Waals surface area contributed by atoms with Gasteiger partial charge in [0, 0.05) is 40.1 Å². The first-order chi connectivity index (χ1) is 9.06. The van der Waals surface area contributed by atoms with Crippen LogP contribution in [-0.4, -0.2) is 28.2 Å². The van der Waals surface area contributed by atoms with Crippen molar-refractivity contribution in [1.29, 1.82) is 0 Å². The Morgan fingerprint density at radius 3 is 2.89 bits per heavy atom. The Labute approximate surface area is 118 Å². The van der Waals surface area contributed by atoms with Gasteiger partial charge in [0.15, 0.2) is 0 Å². The Balaban J connectivity index is 2.07. The number of nitrogens with zero attached hydrogens (tertiary/aromatic N) is 1. The van der Waals surface area contributed by atoms with Crippen molar-refractivity contribution in [3.63, 3.8) is 0 Å². The number of aromatic nitrogens is 1. The Hall–Kier alpha value is -1.88. The summed E-state index contributed by atoms with van der Waals surface area (Å²) < 4.78 is 0.981. The highest BCUT2D eigenvalue weighted by Gasteiger charge is 2.26. The van der Waals surface area contributed by atoms with Crippen LogP contribution in [0.25, 0.3) is 16.5 Å². The van der Waals surface area contributed by atoms with Crippen LogP contribution in [0.1, 0.15) is 12.5 Å². The van der Waals surface area contributed by atoms with Crippen LogP contribution in [-0.2, 0) is 9.59 Å². The number of H-pyrrole nitrogens is 1. The molecule has 1 aromatic carbocycles. The van der Waals surface area contributed by atoms with Gasteiger partial charge in [-0.3, -0.25) is 14.5 Å². The smallest absolute Gasteiger partial charge is 0.253 e. The number of halogens is 1. The lowest BCUT2D eigenvalue weighted by atomic mass is 10.1. The molecule has 0 spiro atoms. The minimum Gasteiger partial charge on any atom is -0.361 e. The summed E-state index contributed by atoms with van der Waals surface area (Å²) in [6, 6.07) is 5.94. The maximum Gasteiger partial charge on any atom is 0.253 e. The van der Waals surface area contributed by atoms with Gasteiger partial charge in [-0.15, -0.1) is 0 Å². The first kappa shape index (κ1) is 12.2. The normalized spacial score (nSPS) is 15.2. The van der Waals surface area contributed by atoms with Crippen molar-refractivity contribution in [3.05, 3.63) is 40.5 Å². The second kappa shape index (κ2) is 4.35. The molecule has 0 saturated carbocycles. The number of nitrogens with one attached hydrogen (secondary N) is 1. The lowest BCUT2D eigenvalue weighted by Gasteiger charge is -2.11. The van der Waals surface area contributed by atoms with Crippen LogP contribution in [0.4, 0.5) is 0 Å². The first-order valence-corrected chi connectivity index (χ1v) is 6.65. The van der Waals surface area contributed by atoms with Gasteiger partial charge in [0.25, 0.3) is 5.91 Å². The largest absolute Gasteiger partial charge is 0.361 e. The fraction of sp³-hybridized carbons (Fsp3) is 0.143. The molecule has 1 aromatic heterocycles. The maximum absolute atomic E-state index is 11.7. The van der Waals surface area contributed by atoms with Gasteiger partial charge in [0.1, 0.15) is 0 Å². The summed E-state index contributed by atoms with van der Waals surface area (Å²) in [5, 5.41) is 1.04. The van der Waals surface area contributed by atoms with E-state index in [-0.39, 0.29) is 11.8 Å². The van der Waals surface area contributed by atoms with Crippen molar-refractivity contribution in [2.75, 3.05) is 6.54 Å². The lowest BCUT2D eigenvalue weighted by molar-refractivity contribution is -0.138. The summed E-state index contributed by atoms with van der Waals surface area (Å²) in [6.07, 6.45) is 3.41. The van der Waals surface area contributed by atoms with Crippen molar-refractivity contribution in [3.8, 4) is 0 Å². The number of rotatable bonds is 1. The standard InChI is InChI=1S/C14H11BrN2O2/c1-8(18)17-7-9(4-14(17)19)12-6-16-13-3-2-10(15)5-11(12)13/h2-6,16H,7H2,1H3. The van der Waals surface area contributed by atoms with Gasteiger partial charge in [0.05, 0.1) is 6.54 Å². The molecule has 1 N–H and O–H groups in total. The van der Waals surface area contributed by atoms with Crippen LogP contribution in [0.5, 0.6) is 0 Å². The van der Waals surface area contributed by atoms with Gasteiger partial charge >= 0.3 is 0 Å². The minimum absolute atomic E-state index is 0.225. The minimum atomic E-state index is -0.244. The number of hydrogen-bond acceptors (Lipinski definition) is 2. The van der Waals surface area contributed by atoms with Gasteiger partial charge in [-0.05, 0) is 23.8 Å². The summed E-state index contributed by atoms with van der Waals surface area (Å²) in [7, 11) is 0. The first-order valence-electron chi connectivity index (χ1n) is 5.86. The fourth-order valence-corrected chi connectivity index (χ4v) is 2.67. The van der Waals surface area contributed by atoms with E-state index in [0.717, 1.165) is 26.5 Å². The number of fused-ring (bicyclic) bond motifs is 1. The zero-order valence-electron chi connectivity index (χ0n) is 10.2. The number of hydrogen-bond donors (Lipinski definition) is 1. The van der Waals surface area contributed by atoms with Gasteiger partial charge in [-0.2, -0.15) is 0 Å². The second-order valence-electron chi connectivity index (χ2n) is 4.51. The number of carbonyl (C=O) groups excluding carboxylic acids is 2. The summed E-state index contributed by atoms with van der Waals surface area (Å²) >= 11 is 3.44. The molecule has 96 valence electrons. The average Bonchev–Trinajstić information content (AvgIpc) is 2.91. The van der Waals surface area contributed by atoms with Gasteiger partial charge < -0.3 is 4.98 Å². The summed E-state index contributed by atoms with van der Waals surface area (Å²) in [6.45, 7) is 1.74. The number of imide groups is 1. The molecular formula is C14H11BrN2O2. The molecule has 4 nitrogen and oxygen atoms in total. The van der Waals surface area contributed by atoms with Crippen LogP contribution in [0.2, 0.25) is 0 Å². The van der Waals surface area contributed by atoms with E-state index in [4.69, 9.17) is 0 Å². The molecule has 0 atom stereocenters. The number of amides is 2.